The van der Waals surface area contributed by atoms with E-state index in [4.69, 9.17) is 0 Å². The summed E-state index contributed by atoms with van der Waals surface area (Å²) in [6.45, 7) is 0. The molecule has 0 aromatic rings. The minimum atomic E-state index is -0.882. The van der Waals surface area contributed by atoms with Gasteiger partial charge in [-0.05, 0) is 24.7 Å². The Labute approximate surface area is 140 Å². The van der Waals surface area contributed by atoms with E-state index in [2.05, 4.69) is 0 Å². The molecule has 2 aliphatic carbocycles. The molecule has 0 heterocycles. The summed E-state index contributed by atoms with van der Waals surface area (Å²) in [5.41, 5.74) is 0. The van der Waals surface area contributed by atoms with Crippen LogP contribution in [0.3, 0.4) is 0 Å². The summed E-state index contributed by atoms with van der Waals surface area (Å²) in [6.07, 6.45) is 12.3. The minimum absolute atomic E-state index is 0. The molecule has 2 saturated carbocycles. The molecule has 0 saturated heterocycles. The fourth-order valence-corrected chi connectivity index (χ4v) is 3.25. The van der Waals surface area contributed by atoms with E-state index in [1.54, 1.807) is 0 Å². The van der Waals surface area contributed by atoms with Crippen molar-refractivity contribution in [1.29, 1.82) is 0 Å². The molecule has 0 unspecified atom stereocenters. The number of hydrogen-bond acceptors (Lipinski definition) is 4. The first-order valence-corrected chi connectivity index (χ1v) is 7.97. The number of rotatable bonds is 4. The molecule has 0 radical (unpaired) electrons. The van der Waals surface area contributed by atoms with Crippen LogP contribution in [0.2, 0.25) is 0 Å². The fraction of sp³-hybridized carbons (Fsp3) is 0.875. The predicted octanol–water partition coefficient (Wildman–Crippen LogP) is 1.41. The molecule has 2 fully saturated rings. The molecule has 0 spiro atoms. The van der Waals surface area contributed by atoms with Gasteiger partial charge in [-0.25, -0.2) is 0 Å². The standard InChI is InChI=1S/2C8H14O2.Zn/c2*9-8(10)6-7-4-2-1-3-5-7;/h2*7H,1-6H2,(H,9,10);/q;;+2/p-2. The van der Waals surface area contributed by atoms with Crippen LogP contribution in [0, 0.1) is 11.8 Å². The minimum Gasteiger partial charge on any atom is -0.550 e. The van der Waals surface area contributed by atoms with Crippen molar-refractivity contribution in [1.82, 2.24) is 0 Å². The topological polar surface area (TPSA) is 80.3 Å². The van der Waals surface area contributed by atoms with Gasteiger partial charge in [0.2, 0.25) is 0 Å². The van der Waals surface area contributed by atoms with E-state index in [-0.39, 0.29) is 32.3 Å². The van der Waals surface area contributed by atoms with Crippen LogP contribution in [0.5, 0.6) is 0 Å². The maximum atomic E-state index is 10.2. The Morgan fingerprint density at radius 3 is 1.19 bits per heavy atom. The second-order valence-electron chi connectivity index (χ2n) is 6.16. The van der Waals surface area contributed by atoms with E-state index >= 15 is 0 Å². The second kappa shape index (κ2) is 12.1. The third-order valence-electron chi connectivity index (χ3n) is 4.36. The molecule has 0 atom stereocenters. The normalized spacial score (nSPS) is 19.8. The molecule has 0 aliphatic heterocycles. The Morgan fingerprint density at radius 2 is 0.952 bits per heavy atom. The van der Waals surface area contributed by atoms with Gasteiger partial charge in [0, 0.05) is 11.9 Å². The number of carboxylic acids is 2. The Kier molecular flexibility index (Phi) is 11.9. The van der Waals surface area contributed by atoms with E-state index in [9.17, 15) is 19.8 Å². The zero-order valence-corrected chi connectivity index (χ0v) is 15.9. The summed E-state index contributed by atoms with van der Waals surface area (Å²) in [7, 11) is 0. The van der Waals surface area contributed by atoms with Gasteiger partial charge in [0.1, 0.15) is 0 Å². The average Bonchev–Trinajstić information content (AvgIpc) is 2.40. The molecule has 116 valence electrons. The number of carbonyl (C=O) groups excluding carboxylic acids is 2. The van der Waals surface area contributed by atoms with E-state index in [1.807, 2.05) is 0 Å². The van der Waals surface area contributed by atoms with E-state index in [1.165, 1.54) is 38.5 Å². The summed E-state index contributed by atoms with van der Waals surface area (Å²) in [5.74, 6) is -0.934. The zero-order valence-electron chi connectivity index (χ0n) is 13.0. The van der Waals surface area contributed by atoms with Crippen LogP contribution in [-0.4, -0.2) is 11.9 Å². The number of carboxylic acid groups (broad SMARTS) is 2. The van der Waals surface area contributed by atoms with Crippen LogP contribution in [0.25, 0.3) is 0 Å². The van der Waals surface area contributed by atoms with Crippen LogP contribution in [0.15, 0.2) is 0 Å². The maximum absolute atomic E-state index is 10.2. The van der Waals surface area contributed by atoms with E-state index in [0.717, 1.165) is 25.7 Å². The van der Waals surface area contributed by atoms with Gasteiger partial charge in [-0.2, -0.15) is 0 Å². The molecule has 0 aromatic heterocycles. The Morgan fingerprint density at radius 1 is 0.667 bits per heavy atom. The fourth-order valence-electron chi connectivity index (χ4n) is 3.25. The quantitative estimate of drug-likeness (QED) is 0.720. The summed E-state index contributed by atoms with van der Waals surface area (Å²) >= 11 is 0. The molecular formula is C16H26O4Zn. The van der Waals surface area contributed by atoms with Crippen molar-refractivity contribution >= 4 is 11.9 Å². The number of aliphatic carboxylic acids is 2. The molecule has 0 amide bonds. The van der Waals surface area contributed by atoms with Gasteiger partial charge in [-0.1, -0.05) is 64.2 Å². The number of hydrogen-bond donors (Lipinski definition) is 0. The van der Waals surface area contributed by atoms with Gasteiger partial charge in [0.15, 0.2) is 0 Å². The molecule has 2 aliphatic rings. The van der Waals surface area contributed by atoms with E-state index < -0.39 is 11.9 Å². The van der Waals surface area contributed by atoms with Crippen molar-refractivity contribution < 1.29 is 39.3 Å². The van der Waals surface area contributed by atoms with Crippen LogP contribution in [-0.2, 0) is 29.1 Å². The zero-order chi connectivity index (χ0) is 14.8. The largest absolute Gasteiger partial charge is 2.00 e. The molecular weight excluding hydrogens is 322 g/mol. The van der Waals surface area contributed by atoms with Crippen molar-refractivity contribution in [2.24, 2.45) is 11.8 Å². The first-order valence-electron chi connectivity index (χ1n) is 7.97. The van der Waals surface area contributed by atoms with Crippen LogP contribution < -0.4 is 10.2 Å². The van der Waals surface area contributed by atoms with Gasteiger partial charge in [0.05, 0.1) is 0 Å². The average molecular weight is 348 g/mol. The molecule has 5 heteroatoms. The second-order valence-corrected chi connectivity index (χ2v) is 6.16. The molecule has 4 nitrogen and oxygen atoms in total. The van der Waals surface area contributed by atoms with Gasteiger partial charge >= 0.3 is 19.5 Å². The van der Waals surface area contributed by atoms with Gasteiger partial charge in [-0.3, -0.25) is 0 Å². The van der Waals surface area contributed by atoms with Crippen LogP contribution >= 0.6 is 0 Å². The van der Waals surface area contributed by atoms with Gasteiger partial charge < -0.3 is 19.8 Å². The first kappa shape index (κ1) is 20.6. The predicted molar refractivity (Wildman–Crippen MR) is 72.4 cm³/mol. The number of carbonyl (C=O) groups is 2. The van der Waals surface area contributed by atoms with E-state index in [0.29, 0.717) is 11.8 Å². The SMILES string of the molecule is O=C([O-])CC1CCCCC1.O=C([O-])CC1CCCCC1.[Zn+2]. The third kappa shape index (κ3) is 10.9. The van der Waals surface area contributed by atoms with Crippen molar-refractivity contribution in [3.8, 4) is 0 Å². The molecule has 0 bridgehead atoms. The Hall–Kier alpha value is -0.437. The van der Waals surface area contributed by atoms with Crippen molar-refractivity contribution in [3.63, 3.8) is 0 Å². The van der Waals surface area contributed by atoms with Crippen molar-refractivity contribution in [2.45, 2.75) is 77.0 Å². The van der Waals surface area contributed by atoms with Gasteiger partial charge in [0.25, 0.3) is 0 Å². The Bertz CT molecular complexity index is 265. The molecule has 0 aromatic carbocycles. The monoisotopic (exact) mass is 346 g/mol. The smallest absolute Gasteiger partial charge is 0.550 e. The van der Waals surface area contributed by atoms with Crippen LogP contribution in [0.4, 0.5) is 0 Å². The van der Waals surface area contributed by atoms with Crippen molar-refractivity contribution in [2.75, 3.05) is 0 Å². The van der Waals surface area contributed by atoms with Crippen LogP contribution in [0.1, 0.15) is 77.0 Å². The third-order valence-corrected chi connectivity index (χ3v) is 4.36. The molecule has 21 heavy (non-hydrogen) atoms. The van der Waals surface area contributed by atoms with Crippen molar-refractivity contribution in [3.05, 3.63) is 0 Å². The summed E-state index contributed by atoms with van der Waals surface area (Å²) < 4.78 is 0. The first-order chi connectivity index (χ1) is 9.58. The van der Waals surface area contributed by atoms with Gasteiger partial charge in [-0.15, -0.1) is 0 Å². The Balaban J connectivity index is 0.000000364. The summed E-state index contributed by atoms with van der Waals surface area (Å²) in [4.78, 5) is 20.3. The maximum Gasteiger partial charge on any atom is 2.00 e. The summed E-state index contributed by atoms with van der Waals surface area (Å²) in [6, 6.07) is 0. The molecule has 2 rings (SSSR count). The molecule has 0 N–H and O–H groups in total. The summed E-state index contributed by atoms with van der Waals surface area (Å²) in [5, 5.41) is 20.3.